The summed E-state index contributed by atoms with van der Waals surface area (Å²) in [6.45, 7) is 0.848. The van der Waals surface area contributed by atoms with Gasteiger partial charge in [-0.2, -0.15) is 0 Å². The lowest BCUT2D eigenvalue weighted by atomic mass is 10.0. The number of pyridine rings is 1. The Morgan fingerprint density at radius 2 is 2.05 bits per heavy atom. The van der Waals surface area contributed by atoms with Crippen molar-refractivity contribution in [3.05, 3.63) is 53.7 Å². The zero-order chi connectivity index (χ0) is 13.1. The van der Waals surface area contributed by atoms with Crippen LogP contribution in [0.2, 0.25) is 0 Å². The number of aromatic nitrogens is 1. The van der Waals surface area contributed by atoms with Gasteiger partial charge >= 0.3 is 0 Å². The van der Waals surface area contributed by atoms with Crippen LogP contribution in [-0.2, 0) is 6.54 Å². The molecule has 3 nitrogen and oxygen atoms in total. The van der Waals surface area contributed by atoms with Gasteiger partial charge in [0.25, 0.3) is 0 Å². The van der Waals surface area contributed by atoms with Crippen LogP contribution in [0.1, 0.15) is 29.9 Å². The third-order valence-electron chi connectivity index (χ3n) is 3.50. The third-order valence-corrected chi connectivity index (χ3v) is 3.50. The summed E-state index contributed by atoms with van der Waals surface area (Å²) in [7, 11) is 1.63. The molecule has 1 saturated carbocycles. The molecule has 0 unspecified atom stereocenters. The summed E-state index contributed by atoms with van der Waals surface area (Å²) >= 11 is 0. The van der Waals surface area contributed by atoms with E-state index in [4.69, 9.17) is 4.74 Å². The minimum absolute atomic E-state index is 0.643. The fraction of sp³-hybridized carbons (Fsp3) is 0.312. The maximum atomic E-state index is 5.05. The molecule has 0 amide bonds. The van der Waals surface area contributed by atoms with Crippen molar-refractivity contribution in [2.24, 2.45) is 0 Å². The Morgan fingerprint density at radius 1 is 1.21 bits per heavy atom. The van der Waals surface area contributed by atoms with E-state index in [1.54, 1.807) is 13.3 Å². The van der Waals surface area contributed by atoms with E-state index in [0.29, 0.717) is 5.88 Å². The van der Waals surface area contributed by atoms with Gasteiger partial charge in [-0.1, -0.05) is 24.3 Å². The van der Waals surface area contributed by atoms with E-state index in [9.17, 15) is 0 Å². The molecule has 2 aromatic rings. The summed E-state index contributed by atoms with van der Waals surface area (Å²) in [5, 5.41) is 3.42. The van der Waals surface area contributed by atoms with Gasteiger partial charge < -0.3 is 10.1 Å². The molecule has 1 heterocycles. The molecule has 98 valence electrons. The molecule has 1 aromatic heterocycles. The smallest absolute Gasteiger partial charge is 0.213 e. The highest BCUT2D eigenvalue weighted by Crippen LogP contribution is 2.41. The van der Waals surface area contributed by atoms with Gasteiger partial charge in [-0.25, -0.2) is 4.98 Å². The fourth-order valence-corrected chi connectivity index (χ4v) is 2.29. The van der Waals surface area contributed by atoms with Crippen molar-refractivity contribution >= 4 is 5.69 Å². The number of nitrogens with zero attached hydrogens (tertiary/aromatic N) is 1. The predicted molar refractivity (Wildman–Crippen MR) is 76.5 cm³/mol. The SMILES string of the molecule is COc1ccc(NCc2ccccc2C2CC2)cn1. The van der Waals surface area contributed by atoms with Gasteiger partial charge in [-0.3, -0.25) is 0 Å². The molecule has 0 spiro atoms. The van der Waals surface area contributed by atoms with Crippen molar-refractivity contribution in [3.63, 3.8) is 0 Å². The first-order valence-corrected chi connectivity index (χ1v) is 6.68. The number of anilines is 1. The van der Waals surface area contributed by atoms with Crippen LogP contribution < -0.4 is 10.1 Å². The summed E-state index contributed by atoms with van der Waals surface area (Å²) in [4.78, 5) is 4.19. The van der Waals surface area contributed by atoms with Gasteiger partial charge in [0.15, 0.2) is 0 Å². The highest BCUT2D eigenvalue weighted by atomic mass is 16.5. The van der Waals surface area contributed by atoms with Gasteiger partial charge in [0, 0.05) is 12.6 Å². The molecule has 19 heavy (non-hydrogen) atoms. The van der Waals surface area contributed by atoms with Crippen molar-refractivity contribution < 1.29 is 4.74 Å². The largest absolute Gasteiger partial charge is 0.481 e. The first-order valence-electron chi connectivity index (χ1n) is 6.68. The van der Waals surface area contributed by atoms with Crippen LogP contribution in [0.5, 0.6) is 5.88 Å². The van der Waals surface area contributed by atoms with Crippen molar-refractivity contribution in [2.75, 3.05) is 12.4 Å². The maximum absolute atomic E-state index is 5.05. The topological polar surface area (TPSA) is 34.1 Å². The molecule has 1 aliphatic carbocycles. The standard InChI is InChI=1S/C16H18N2O/c1-19-16-9-8-14(11-18-16)17-10-13-4-2-3-5-15(13)12-6-7-12/h2-5,8-9,11-12,17H,6-7,10H2,1H3. The lowest BCUT2D eigenvalue weighted by Crippen LogP contribution is -2.02. The molecule has 1 fully saturated rings. The summed E-state index contributed by atoms with van der Waals surface area (Å²) in [6.07, 6.45) is 4.47. The van der Waals surface area contributed by atoms with Crippen LogP contribution in [0.15, 0.2) is 42.6 Å². The van der Waals surface area contributed by atoms with Gasteiger partial charge in [-0.05, 0) is 36.0 Å². The van der Waals surface area contributed by atoms with Crippen molar-refractivity contribution in [3.8, 4) is 5.88 Å². The first kappa shape index (κ1) is 12.0. The van der Waals surface area contributed by atoms with E-state index in [1.165, 1.54) is 24.0 Å². The molecule has 1 aromatic carbocycles. The lowest BCUT2D eigenvalue weighted by molar-refractivity contribution is 0.398. The number of nitrogens with one attached hydrogen (secondary N) is 1. The number of methoxy groups -OCH3 is 1. The quantitative estimate of drug-likeness (QED) is 0.885. The van der Waals surface area contributed by atoms with Crippen LogP contribution in [0.4, 0.5) is 5.69 Å². The fourth-order valence-electron chi connectivity index (χ4n) is 2.29. The van der Waals surface area contributed by atoms with Crippen molar-refractivity contribution in [1.29, 1.82) is 0 Å². The molecule has 0 atom stereocenters. The van der Waals surface area contributed by atoms with Crippen molar-refractivity contribution in [2.45, 2.75) is 25.3 Å². The second-order valence-corrected chi connectivity index (χ2v) is 4.92. The molecule has 1 aliphatic rings. The lowest BCUT2D eigenvalue weighted by Gasteiger charge is -2.11. The number of rotatable bonds is 5. The number of benzene rings is 1. The summed E-state index contributed by atoms with van der Waals surface area (Å²) in [6, 6.07) is 12.6. The monoisotopic (exact) mass is 254 g/mol. The van der Waals surface area contributed by atoms with E-state index >= 15 is 0 Å². The Bertz CT molecular complexity index is 547. The van der Waals surface area contributed by atoms with E-state index < -0.39 is 0 Å². The molecular weight excluding hydrogens is 236 g/mol. The van der Waals surface area contributed by atoms with Crippen molar-refractivity contribution in [1.82, 2.24) is 4.98 Å². The normalized spacial score (nSPS) is 14.2. The maximum Gasteiger partial charge on any atom is 0.213 e. The highest BCUT2D eigenvalue weighted by molar-refractivity contribution is 5.44. The molecule has 0 aliphatic heterocycles. The highest BCUT2D eigenvalue weighted by Gasteiger charge is 2.25. The Hall–Kier alpha value is -2.03. The minimum atomic E-state index is 0.643. The predicted octanol–water partition coefficient (Wildman–Crippen LogP) is 3.58. The second-order valence-electron chi connectivity index (χ2n) is 4.92. The average Bonchev–Trinajstić information content (AvgIpc) is 3.30. The van der Waals surface area contributed by atoms with Crippen LogP contribution in [-0.4, -0.2) is 12.1 Å². The molecule has 0 bridgehead atoms. The van der Waals surface area contributed by atoms with Crippen LogP contribution in [0.25, 0.3) is 0 Å². The Kier molecular flexibility index (Phi) is 3.36. The van der Waals surface area contributed by atoms with Crippen LogP contribution >= 0.6 is 0 Å². The zero-order valence-corrected chi connectivity index (χ0v) is 11.1. The van der Waals surface area contributed by atoms with E-state index in [2.05, 4.69) is 34.6 Å². The summed E-state index contributed by atoms with van der Waals surface area (Å²) in [5.74, 6) is 1.43. The Labute approximate surface area is 113 Å². The molecule has 0 radical (unpaired) electrons. The van der Waals surface area contributed by atoms with Gasteiger partial charge in [-0.15, -0.1) is 0 Å². The van der Waals surface area contributed by atoms with Gasteiger partial charge in [0.05, 0.1) is 19.0 Å². The Morgan fingerprint density at radius 3 is 2.74 bits per heavy atom. The molecule has 3 rings (SSSR count). The van der Waals surface area contributed by atoms with Crippen LogP contribution in [0.3, 0.4) is 0 Å². The first-order chi connectivity index (χ1) is 9.36. The number of ether oxygens (including phenoxy) is 1. The third kappa shape index (κ3) is 2.87. The summed E-state index contributed by atoms with van der Waals surface area (Å²) < 4.78 is 5.05. The number of hydrogen-bond acceptors (Lipinski definition) is 3. The molecular formula is C16H18N2O. The molecule has 1 N–H and O–H groups in total. The van der Waals surface area contributed by atoms with E-state index in [1.807, 2.05) is 12.1 Å². The van der Waals surface area contributed by atoms with E-state index in [0.717, 1.165) is 18.2 Å². The average molecular weight is 254 g/mol. The van der Waals surface area contributed by atoms with Gasteiger partial charge in [0.2, 0.25) is 5.88 Å². The zero-order valence-electron chi connectivity index (χ0n) is 11.1. The second kappa shape index (κ2) is 5.31. The van der Waals surface area contributed by atoms with Crippen LogP contribution in [0, 0.1) is 0 Å². The summed E-state index contributed by atoms with van der Waals surface area (Å²) in [5.41, 5.74) is 3.91. The molecule has 3 heteroatoms. The van der Waals surface area contributed by atoms with E-state index in [-0.39, 0.29) is 0 Å². The Balaban J connectivity index is 1.68. The van der Waals surface area contributed by atoms with Gasteiger partial charge in [0.1, 0.15) is 0 Å². The molecule has 0 saturated heterocycles. The number of hydrogen-bond donors (Lipinski definition) is 1. The minimum Gasteiger partial charge on any atom is -0.481 e.